The number of hydrogen-bond acceptors (Lipinski definition) is 2. The molecular formula is C16H33NO. The van der Waals surface area contributed by atoms with E-state index in [1.54, 1.807) is 0 Å². The molecule has 0 aromatic rings. The molecule has 0 saturated carbocycles. The van der Waals surface area contributed by atoms with Crippen molar-refractivity contribution in [3.05, 3.63) is 0 Å². The van der Waals surface area contributed by atoms with Gasteiger partial charge in [0.2, 0.25) is 0 Å². The third-order valence-electron chi connectivity index (χ3n) is 3.83. The summed E-state index contributed by atoms with van der Waals surface area (Å²) in [6.07, 6.45) is 3.05. The van der Waals surface area contributed by atoms with Gasteiger partial charge in [-0.2, -0.15) is 0 Å². The lowest BCUT2D eigenvalue weighted by molar-refractivity contribution is -0.113. The standard InChI is InChI=1S/C16H33NO/c1-9-16(8,12-18)17-11-13(15(5,6)7)10-14(2,3)4/h12-13,17H,9-11H2,1-8H3. The summed E-state index contributed by atoms with van der Waals surface area (Å²) < 4.78 is 0. The Bertz CT molecular complexity index is 259. The fourth-order valence-corrected chi connectivity index (χ4v) is 2.03. The van der Waals surface area contributed by atoms with E-state index < -0.39 is 0 Å². The monoisotopic (exact) mass is 255 g/mol. The number of hydrogen-bond donors (Lipinski definition) is 1. The maximum atomic E-state index is 11.1. The fraction of sp³-hybridized carbons (Fsp3) is 0.938. The topological polar surface area (TPSA) is 29.1 Å². The number of nitrogens with one attached hydrogen (secondary N) is 1. The van der Waals surface area contributed by atoms with Crippen molar-refractivity contribution in [3.8, 4) is 0 Å². The second-order valence-electron chi connectivity index (χ2n) is 8.10. The number of aldehydes is 1. The van der Waals surface area contributed by atoms with Crippen molar-refractivity contribution < 1.29 is 4.79 Å². The highest BCUT2D eigenvalue weighted by Crippen LogP contribution is 2.35. The molecule has 0 bridgehead atoms. The van der Waals surface area contributed by atoms with Gasteiger partial charge in [0, 0.05) is 0 Å². The Labute approximate surface area is 114 Å². The minimum Gasteiger partial charge on any atom is -0.305 e. The van der Waals surface area contributed by atoms with Gasteiger partial charge in [0.25, 0.3) is 0 Å². The molecule has 0 amide bonds. The molecule has 18 heavy (non-hydrogen) atoms. The van der Waals surface area contributed by atoms with Crippen LogP contribution in [0.15, 0.2) is 0 Å². The minimum atomic E-state index is -0.374. The van der Waals surface area contributed by atoms with E-state index in [1.165, 1.54) is 6.42 Å². The van der Waals surface area contributed by atoms with Gasteiger partial charge in [-0.25, -0.2) is 0 Å². The van der Waals surface area contributed by atoms with E-state index >= 15 is 0 Å². The van der Waals surface area contributed by atoms with Crippen molar-refractivity contribution in [3.63, 3.8) is 0 Å². The summed E-state index contributed by atoms with van der Waals surface area (Å²) in [5.41, 5.74) is 0.211. The molecule has 108 valence electrons. The van der Waals surface area contributed by atoms with E-state index in [1.807, 2.05) is 6.92 Å². The highest BCUT2D eigenvalue weighted by atomic mass is 16.1. The van der Waals surface area contributed by atoms with Gasteiger partial charge in [-0.05, 0) is 43.1 Å². The van der Waals surface area contributed by atoms with Crippen LogP contribution in [0.5, 0.6) is 0 Å². The number of carbonyl (C=O) groups is 1. The molecule has 0 aliphatic rings. The van der Waals surface area contributed by atoms with Crippen LogP contribution in [0.1, 0.15) is 68.2 Å². The maximum Gasteiger partial charge on any atom is 0.139 e. The van der Waals surface area contributed by atoms with Gasteiger partial charge in [-0.15, -0.1) is 0 Å². The minimum absolute atomic E-state index is 0.262. The number of carbonyl (C=O) groups excluding carboxylic acids is 1. The van der Waals surface area contributed by atoms with Crippen molar-refractivity contribution >= 4 is 6.29 Å². The zero-order valence-electron chi connectivity index (χ0n) is 13.7. The second-order valence-corrected chi connectivity index (χ2v) is 8.10. The molecule has 2 heteroatoms. The molecule has 0 aromatic carbocycles. The van der Waals surface area contributed by atoms with E-state index in [4.69, 9.17) is 0 Å². The lowest BCUT2D eigenvalue weighted by Gasteiger charge is -2.38. The van der Waals surface area contributed by atoms with Crippen LogP contribution < -0.4 is 5.32 Å². The first-order valence-electron chi connectivity index (χ1n) is 7.15. The highest BCUT2D eigenvalue weighted by molar-refractivity contribution is 5.63. The molecule has 2 atom stereocenters. The SMILES string of the molecule is CCC(C)(C=O)NCC(CC(C)(C)C)C(C)(C)C. The van der Waals surface area contributed by atoms with E-state index in [2.05, 4.69) is 53.8 Å². The van der Waals surface area contributed by atoms with Crippen LogP contribution in [0.2, 0.25) is 0 Å². The Morgan fingerprint density at radius 3 is 1.83 bits per heavy atom. The Hall–Kier alpha value is -0.370. The largest absolute Gasteiger partial charge is 0.305 e. The molecule has 1 N–H and O–H groups in total. The van der Waals surface area contributed by atoms with Crippen molar-refractivity contribution in [2.45, 2.75) is 73.8 Å². The van der Waals surface area contributed by atoms with Crippen LogP contribution in [0, 0.1) is 16.7 Å². The van der Waals surface area contributed by atoms with Crippen molar-refractivity contribution in [2.75, 3.05) is 6.54 Å². The molecule has 0 heterocycles. The van der Waals surface area contributed by atoms with Crippen LogP contribution in [0.25, 0.3) is 0 Å². The Balaban J connectivity index is 4.68. The summed E-state index contributed by atoms with van der Waals surface area (Å²) in [6.45, 7) is 18.7. The van der Waals surface area contributed by atoms with Gasteiger partial charge in [0.1, 0.15) is 6.29 Å². The summed E-state index contributed by atoms with van der Waals surface area (Å²) in [4.78, 5) is 11.1. The average molecular weight is 255 g/mol. The zero-order chi connectivity index (χ0) is 14.6. The second kappa shape index (κ2) is 6.18. The van der Waals surface area contributed by atoms with E-state index in [9.17, 15) is 4.79 Å². The first-order chi connectivity index (χ1) is 7.93. The number of rotatable bonds is 6. The molecular weight excluding hydrogens is 222 g/mol. The first-order valence-corrected chi connectivity index (χ1v) is 7.15. The predicted octanol–water partition coefficient (Wildman–Crippen LogP) is 4.04. The first kappa shape index (κ1) is 17.6. The van der Waals surface area contributed by atoms with Crippen molar-refractivity contribution in [1.82, 2.24) is 5.32 Å². The lowest BCUT2D eigenvalue weighted by Crippen LogP contribution is -2.47. The van der Waals surface area contributed by atoms with Crippen molar-refractivity contribution in [1.29, 1.82) is 0 Å². The van der Waals surface area contributed by atoms with Crippen LogP contribution in [0.4, 0.5) is 0 Å². The maximum absolute atomic E-state index is 11.1. The third kappa shape index (κ3) is 6.53. The molecule has 0 aliphatic heterocycles. The lowest BCUT2D eigenvalue weighted by atomic mass is 9.72. The molecule has 0 spiro atoms. The summed E-state index contributed by atoms with van der Waals surface area (Å²) in [5, 5.41) is 3.46. The summed E-state index contributed by atoms with van der Waals surface area (Å²) >= 11 is 0. The van der Waals surface area contributed by atoms with Gasteiger partial charge in [0.15, 0.2) is 0 Å². The normalized spacial score (nSPS) is 18.2. The van der Waals surface area contributed by atoms with Gasteiger partial charge in [0.05, 0.1) is 5.54 Å². The molecule has 0 radical (unpaired) electrons. The smallest absolute Gasteiger partial charge is 0.139 e. The zero-order valence-corrected chi connectivity index (χ0v) is 13.7. The molecule has 0 saturated heterocycles. The summed E-state index contributed by atoms with van der Waals surface area (Å²) in [7, 11) is 0. The highest BCUT2D eigenvalue weighted by Gasteiger charge is 2.31. The van der Waals surface area contributed by atoms with E-state index in [-0.39, 0.29) is 11.0 Å². The molecule has 0 aliphatic carbocycles. The van der Waals surface area contributed by atoms with Crippen LogP contribution >= 0.6 is 0 Å². The predicted molar refractivity (Wildman–Crippen MR) is 79.8 cm³/mol. The quantitative estimate of drug-likeness (QED) is 0.726. The van der Waals surface area contributed by atoms with E-state index in [0.29, 0.717) is 11.3 Å². The van der Waals surface area contributed by atoms with Gasteiger partial charge in [-0.3, -0.25) is 0 Å². The van der Waals surface area contributed by atoms with Crippen LogP contribution in [-0.2, 0) is 4.79 Å². The van der Waals surface area contributed by atoms with E-state index in [0.717, 1.165) is 19.3 Å². The fourth-order valence-electron chi connectivity index (χ4n) is 2.03. The Kier molecular flexibility index (Phi) is 6.06. The van der Waals surface area contributed by atoms with Gasteiger partial charge >= 0.3 is 0 Å². The molecule has 0 rings (SSSR count). The molecule has 0 aromatic heterocycles. The summed E-state index contributed by atoms with van der Waals surface area (Å²) in [5.74, 6) is 0.573. The van der Waals surface area contributed by atoms with Gasteiger partial charge < -0.3 is 10.1 Å². The van der Waals surface area contributed by atoms with Crippen LogP contribution in [-0.4, -0.2) is 18.4 Å². The van der Waals surface area contributed by atoms with Gasteiger partial charge in [-0.1, -0.05) is 48.5 Å². The van der Waals surface area contributed by atoms with Crippen LogP contribution in [0.3, 0.4) is 0 Å². The Morgan fingerprint density at radius 1 is 1.06 bits per heavy atom. The summed E-state index contributed by atoms with van der Waals surface area (Å²) in [6, 6.07) is 0. The molecule has 2 nitrogen and oxygen atoms in total. The molecule has 0 fully saturated rings. The van der Waals surface area contributed by atoms with Crippen molar-refractivity contribution in [2.24, 2.45) is 16.7 Å². The average Bonchev–Trinajstić information content (AvgIpc) is 2.20. The Morgan fingerprint density at radius 2 is 1.56 bits per heavy atom. The molecule has 2 unspecified atom stereocenters. The third-order valence-corrected chi connectivity index (χ3v) is 3.83.